The molecule has 0 radical (unpaired) electrons. The lowest BCUT2D eigenvalue weighted by atomic mass is 10.2. The number of carbonyl (C=O) groups is 1. The molecule has 0 atom stereocenters. The van der Waals surface area contributed by atoms with Gasteiger partial charge < -0.3 is 5.32 Å². The van der Waals surface area contributed by atoms with Gasteiger partial charge in [0.2, 0.25) is 0 Å². The summed E-state index contributed by atoms with van der Waals surface area (Å²) in [5.74, 6) is -0.250. The first-order chi connectivity index (χ1) is 9.65. The standard InChI is InChI=1S/C13H7BrClN3OS/c14-9-5-4-7(15)6-8(9)13(19)16-10-2-1-3-11-12(10)18-20-17-11/h1-6H,(H,16,19). The molecule has 1 aliphatic rings. The van der Waals surface area contributed by atoms with Gasteiger partial charge in [-0.05, 0) is 46.3 Å². The fourth-order valence-electron chi connectivity index (χ4n) is 1.77. The van der Waals surface area contributed by atoms with Gasteiger partial charge in [-0.2, -0.15) is 8.73 Å². The zero-order chi connectivity index (χ0) is 14.1. The smallest absolute Gasteiger partial charge is 0.256 e. The highest BCUT2D eigenvalue weighted by molar-refractivity contribution is 9.10. The summed E-state index contributed by atoms with van der Waals surface area (Å²) in [5.41, 5.74) is 2.55. The molecule has 1 heterocycles. The van der Waals surface area contributed by atoms with Crippen molar-refractivity contribution in [1.82, 2.24) is 0 Å². The van der Waals surface area contributed by atoms with E-state index in [1.165, 1.54) is 0 Å². The Morgan fingerprint density at radius 3 is 2.95 bits per heavy atom. The Bertz CT molecular complexity index is 787. The van der Waals surface area contributed by atoms with E-state index in [9.17, 15) is 4.79 Å². The molecule has 1 amide bonds. The lowest BCUT2D eigenvalue weighted by Crippen LogP contribution is -2.12. The first kappa shape index (κ1) is 13.5. The molecule has 20 heavy (non-hydrogen) atoms. The number of halogens is 2. The van der Waals surface area contributed by atoms with E-state index in [2.05, 4.69) is 30.0 Å². The largest absolute Gasteiger partial charge is 0.320 e. The third-order valence-electron chi connectivity index (χ3n) is 2.71. The number of benzene rings is 2. The van der Waals surface area contributed by atoms with Gasteiger partial charge in [0.15, 0.2) is 0 Å². The van der Waals surface area contributed by atoms with Gasteiger partial charge in [0.1, 0.15) is 11.4 Å². The van der Waals surface area contributed by atoms with Crippen LogP contribution in [0.15, 0.2) is 49.6 Å². The zero-order valence-corrected chi connectivity index (χ0v) is 13.1. The maximum absolute atomic E-state index is 12.3. The fraction of sp³-hybridized carbons (Fsp3) is 0. The van der Waals surface area contributed by atoms with Crippen molar-refractivity contribution in [2.24, 2.45) is 8.73 Å². The number of hydrogen-bond donors (Lipinski definition) is 1. The summed E-state index contributed by atoms with van der Waals surface area (Å²) in [4.78, 5) is 12.3. The van der Waals surface area contributed by atoms with Crippen LogP contribution in [0.5, 0.6) is 0 Å². The highest BCUT2D eigenvalue weighted by atomic mass is 79.9. The van der Waals surface area contributed by atoms with Gasteiger partial charge in [0.05, 0.1) is 22.6 Å². The van der Waals surface area contributed by atoms with Crippen molar-refractivity contribution < 1.29 is 4.79 Å². The van der Waals surface area contributed by atoms with E-state index in [1.807, 2.05) is 12.1 Å². The van der Waals surface area contributed by atoms with Gasteiger partial charge in [-0.3, -0.25) is 4.79 Å². The number of nitrogens with zero attached hydrogens (tertiary/aromatic N) is 2. The molecule has 0 saturated carbocycles. The summed E-state index contributed by atoms with van der Waals surface area (Å²) in [6.07, 6.45) is 0. The fourth-order valence-corrected chi connectivity index (χ4v) is 2.92. The van der Waals surface area contributed by atoms with E-state index < -0.39 is 0 Å². The van der Waals surface area contributed by atoms with Crippen molar-refractivity contribution in [3.63, 3.8) is 0 Å². The Balaban J connectivity index is 1.93. The molecular formula is C13H7BrClN3OS. The molecule has 0 aliphatic carbocycles. The van der Waals surface area contributed by atoms with Crippen molar-refractivity contribution in [3.05, 3.63) is 51.5 Å². The molecular weight excluding hydrogens is 362 g/mol. The maximum atomic E-state index is 12.3. The molecule has 0 saturated heterocycles. The summed E-state index contributed by atoms with van der Waals surface area (Å²) in [6.45, 7) is 0. The van der Waals surface area contributed by atoms with E-state index in [-0.39, 0.29) is 5.91 Å². The second kappa shape index (κ2) is 5.47. The number of rotatable bonds is 2. The number of anilines is 1. The highest BCUT2D eigenvalue weighted by Gasteiger charge is 2.15. The van der Waals surface area contributed by atoms with Crippen LogP contribution in [-0.4, -0.2) is 5.91 Å². The Kier molecular flexibility index (Phi) is 3.69. The number of carbonyl (C=O) groups excluding carboxylic acids is 1. The molecule has 0 fully saturated rings. The molecule has 0 unspecified atom stereocenters. The topological polar surface area (TPSA) is 53.8 Å². The molecule has 2 aromatic rings. The molecule has 100 valence electrons. The van der Waals surface area contributed by atoms with E-state index in [0.717, 1.165) is 17.0 Å². The van der Waals surface area contributed by atoms with Crippen molar-refractivity contribution in [2.75, 3.05) is 5.32 Å². The van der Waals surface area contributed by atoms with Crippen molar-refractivity contribution in [1.29, 1.82) is 0 Å². The minimum absolute atomic E-state index is 0.250. The van der Waals surface area contributed by atoms with E-state index in [4.69, 9.17) is 11.6 Å². The summed E-state index contributed by atoms with van der Waals surface area (Å²) in [7, 11) is 0. The van der Waals surface area contributed by atoms with Gasteiger partial charge in [-0.1, -0.05) is 17.7 Å². The predicted octanol–water partition coefficient (Wildman–Crippen LogP) is 5.08. The maximum Gasteiger partial charge on any atom is 0.256 e. The van der Waals surface area contributed by atoms with Gasteiger partial charge >= 0.3 is 0 Å². The Morgan fingerprint density at radius 1 is 1.25 bits per heavy atom. The minimum Gasteiger partial charge on any atom is -0.320 e. The lowest BCUT2D eigenvalue weighted by Gasteiger charge is -2.09. The summed E-state index contributed by atoms with van der Waals surface area (Å²) >= 11 is 10.4. The van der Waals surface area contributed by atoms with Crippen LogP contribution in [0.25, 0.3) is 0 Å². The van der Waals surface area contributed by atoms with Gasteiger partial charge in [0.25, 0.3) is 5.91 Å². The molecule has 0 aromatic heterocycles. The molecule has 1 N–H and O–H groups in total. The Morgan fingerprint density at radius 2 is 2.10 bits per heavy atom. The number of amides is 1. The molecule has 7 heteroatoms. The van der Waals surface area contributed by atoms with Crippen LogP contribution in [0.4, 0.5) is 17.1 Å². The first-order valence-corrected chi connectivity index (χ1v) is 7.53. The Labute approximate surface area is 132 Å². The molecule has 4 nitrogen and oxygen atoms in total. The average Bonchev–Trinajstić information content (AvgIpc) is 2.91. The van der Waals surface area contributed by atoms with Crippen molar-refractivity contribution in [2.45, 2.75) is 0 Å². The first-order valence-electron chi connectivity index (χ1n) is 5.63. The third-order valence-corrected chi connectivity index (χ3v) is 4.18. The van der Waals surface area contributed by atoms with Gasteiger partial charge in [-0.25, -0.2) is 0 Å². The summed E-state index contributed by atoms with van der Waals surface area (Å²) < 4.78 is 9.01. The van der Waals surface area contributed by atoms with Gasteiger partial charge in [-0.15, -0.1) is 0 Å². The Hall–Kier alpha value is -1.50. The van der Waals surface area contributed by atoms with Crippen LogP contribution in [-0.2, 0) is 11.4 Å². The van der Waals surface area contributed by atoms with Crippen LogP contribution < -0.4 is 5.32 Å². The monoisotopic (exact) mass is 367 g/mol. The van der Waals surface area contributed by atoms with E-state index in [0.29, 0.717) is 26.4 Å². The number of nitrogens with one attached hydrogen (secondary N) is 1. The molecule has 3 rings (SSSR count). The lowest BCUT2D eigenvalue weighted by molar-refractivity contribution is 0.102. The quantitative estimate of drug-likeness (QED) is 0.673. The van der Waals surface area contributed by atoms with Crippen molar-refractivity contribution in [3.8, 4) is 0 Å². The SMILES string of the molecule is O=C(Nc1cccc2c1N=S=N2)c1cc(Cl)ccc1Br. The van der Waals surface area contributed by atoms with E-state index >= 15 is 0 Å². The van der Waals surface area contributed by atoms with Crippen molar-refractivity contribution >= 4 is 61.9 Å². The zero-order valence-electron chi connectivity index (χ0n) is 9.93. The highest BCUT2D eigenvalue weighted by Crippen LogP contribution is 2.38. The van der Waals surface area contributed by atoms with Crippen LogP contribution in [0.2, 0.25) is 5.02 Å². The minimum atomic E-state index is -0.250. The molecule has 0 spiro atoms. The third kappa shape index (κ3) is 2.54. The molecule has 2 aromatic carbocycles. The number of fused-ring (bicyclic) bond motifs is 1. The molecule has 0 bridgehead atoms. The van der Waals surface area contributed by atoms with Crippen LogP contribution in [0.1, 0.15) is 10.4 Å². The van der Waals surface area contributed by atoms with Gasteiger partial charge in [0, 0.05) is 9.50 Å². The summed E-state index contributed by atoms with van der Waals surface area (Å²) in [5, 5.41) is 3.34. The van der Waals surface area contributed by atoms with Crippen LogP contribution >= 0.6 is 27.5 Å². The predicted molar refractivity (Wildman–Crippen MR) is 85.1 cm³/mol. The second-order valence-corrected chi connectivity index (χ2v) is 5.84. The summed E-state index contributed by atoms with van der Waals surface area (Å²) in [6, 6.07) is 10.5. The average molecular weight is 369 g/mol. The molecule has 1 aliphatic heterocycles. The number of hydrogen-bond acceptors (Lipinski definition) is 3. The second-order valence-electron chi connectivity index (χ2n) is 4.02. The normalized spacial score (nSPS) is 11.9. The van der Waals surface area contributed by atoms with E-state index in [1.54, 1.807) is 24.3 Å². The van der Waals surface area contributed by atoms with Crippen LogP contribution in [0, 0.1) is 0 Å². The van der Waals surface area contributed by atoms with Crippen LogP contribution in [0.3, 0.4) is 0 Å².